The van der Waals surface area contributed by atoms with Gasteiger partial charge >= 0.3 is 6.18 Å². The van der Waals surface area contributed by atoms with E-state index in [2.05, 4.69) is 4.98 Å². The van der Waals surface area contributed by atoms with Crippen molar-refractivity contribution >= 4 is 5.91 Å². The lowest BCUT2D eigenvalue weighted by atomic mass is 9.97. The van der Waals surface area contributed by atoms with Crippen LogP contribution in [0.1, 0.15) is 37.2 Å². The zero-order chi connectivity index (χ0) is 16.3. The Balaban J connectivity index is 2.09. The van der Waals surface area contributed by atoms with Gasteiger partial charge in [0.2, 0.25) is 5.91 Å². The molecule has 0 saturated carbocycles. The van der Waals surface area contributed by atoms with E-state index in [1.807, 2.05) is 0 Å². The Hall–Kier alpha value is -1.57. The van der Waals surface area contributed by atoms with Gasteiger partial charge in [-0.3, -0.25) is 4.79 Å². The van der Waals surface area contributed by atoms with Crippen LogP contribution in [0.4, 0.5) is 13.2 Å². The molecule has 2 rings (SSSR count). The predicted octanol–water partition coefficient (Wildman–Crippen LogP) is 2.18. The molecule has 1 amide bonds. The summed E-state index contributed by atoms with van der Waals surface area (Å²) in [6, 6.07) is 0. The number of alkyl halides is 3. The topological polar surface area (TPSA) is 47.4 Å². The molecule has 1 fully saturated rings. The monoisotopic (exact) mass is 319 g/mol. The van der Waals surface area contributed by atoms with Gasteiger partial charge in [-0.05, 0) is 19.8 Å². The van der Waals surface area contributed by atoms with Gasteiger partial charge in [0.1, 0.15) is 12.4 Å². The van der Waals surface area contributed by atoms with Crippen LogP contribution >= 0.6 is 0 Å². The highest BCUT2D eigenvalue weighted by Gasteiger charge is 2.36. The van der Waals surface area contributed by atoms with Crippen LogP contribution in [0.15, 0.2) is 6.20 Å². The molecule has 124 valence electrons. The van der Waals surface area contributed by atoms with Crippen LogP contribution in [-0.2, 0) is 22.8 Å². The standard InChI is InChI=1S/C14H20F3N3O2/c1-3-22-9-12(21)20-6-4-5-10(7-20)13-18-11(8-19(13)2)14(15,16)17/h8,10H,3-7,9H2,1-2H3/t10-/m1/s1. The number of hydrogen-bond acceptors (Lipinski definition) is 3. The number of amides is 1. The summed E-state index contributed by atoms with van der Waals surface area (Å²) >= 11 is 0. The van der Waals surface area contributed by atoms with E-state index in [1.165, 1.54) is 4.57 Å². The summed E-state index contributed by atoms with van der Waals surface area (Å²) in [5.74, 6) is 0.0680. The molecule has 2 heterocycles. The van der Waals surface area contributed by atoms with Gasteiger partial charge in [-0.1, -0.05) is 0 Å². The Labute approximate surface area is 127 Å². The molecule has 1 aromatic rings. The van der Waals surface area contributed by atoms with Crippen molar-refractivity contribution in [2.45, 2.75) is 31.9 Å². The molecule has 1 aliphatic rings. The van der Waals surface area contributed by atoms with Gasteiger partial charge in [0.25, 0.3) is 0 Å². The molecule has 0 aliphatic carbocycles. The fourth-order valence-corrected chi connectivity index (χ4v) is 2.69. The summed E-state index contributed by atoms with van der Waals surface area (Å²) in [4.78, 5) is 17.4. The van der Waals surface area contributed by atoms with Crippen molar-refractivity contribution in [1.82, 2.24) is 14.5 Å². The summed E-state index contributed by atoms with van der Waals surface area (Å²) in [7, 11) is 1.55. The number of aryl methyl sites for hydroxylation is 1. The third-order valence-electron chi connectivity index (χ3n) is 3.77. The average molecular weight is 319 g/mol. The lowest BCUT2D eigenvalue weighted by Gasteiger charge is -2.32. The highest BCUT2D eigenvalue weighted by atomic mass is 19.4. The number of ether oxygens (including phenoxy) is 1. The smallest absolute Gasteiger partial charge is 0.372 e. The molecule has 22 heavy (non-hydrogen) atoms. The summed E-state index contributed by atoms with van der Waals surface area (Å²) < 4.78 is 44.7. The van der Waals surface area contributed by atoms with Crippen molar-refractivity contribution in [2.24, 2.45) is 7.05 Å². The minimum absolute atomic E-state index is 0.0115. The van der Waals surface area contributed by atoms with Crippen LogP contribution in [0, 0.1) is 0 Å². The Bertz CT molecular complexity index is 528. The Morgan fingerprint density at radius 1 is 1.50 bits per heavy atom. The summed E-state index contributed by atoms with van der Waals surface area (Å²) in [6.45, 7) is 3.26. The third kappa shape index (κ3) is 3.79. The van der Waals surface area contributed by atoms with Crippen molar-refractivity contribution in [3.05, 3.63) is 17.7 Å². The van der Waals surface area contributed by atoms with E-state index in [-0.39, 0.29) is 18.4 Å². The largest absolute Gasteiger partial charge is 0.434 e. The quantitative estimate of drug-likeness (QED) is 0.854. The van der Waals surface area contributed by atoms with Crippen molar-refractivity contribution in [2.75, 3.05) is 26.3 Å². The maximum Gasteiger partial charge on any atom is 0.434 e. The molecule has 1 aromatic heterocycles. The van der Waals surface area contributed by atoms with Crippen molar-refractivity contribution in [3.8, 4) is 0 Å². The van der Waals surface area contributed by atoms with E-state index in [9.17, 15) is 18.0 Å². The molecule has 0 N–H and O–H groups in total. The highest BCUT2D eigenvalue weighted by molar-refractivity contribution is 5.77. The first-order chi connectivity index (χ1) is 10.3. The second-order valence-electron chi connectivity index (χ2n) is 5.41. The Morgan fingerprint density at radius 3 is 2.82 bits per heavy atom. The number of halogens is 3. The Kier molecular flexibility index (Phi) is 5.10. The SMILES string of the molecule is CCOCC(=O)N1CCC[C@@H](c2nc(C(F)(F)F)cn2C)C1. The maximum absolute atomic E-state index is 12.7. The molecule has 1 saturated heterocycles. The van der Waals surface area contributed by atoms with Crippen molar-refractivity contribution in [3.63, 3.8) is 0 Å². The second-order valence-corrected chi connectivity index (χ2v) is 5.41. The summed E-state index contributed by atoms with van der Waals surface area (Å²) in [6.07, 6.45) is -1.98. The van der Waals surface area contributed by atoms with Gasteiger partial charge in [-0.25, -0.2) is 4.98 Å². The number of imidazole rings is 1. The molecule has 0 spiro atoms. The van der Waals surface area contributed by atoms with E-state index in [4.69, 9.17) is 4.74 Å². The first-order valence-corrected chi connectivity index (χ1v) is 7.29. The van der Waals surface area contributed by atoms with Gasteiger partial charge in [-0.2, -0.15) is 13.2 Å². The molecule has 0 aromatic carbocycles. The number of likely N-dealkylation sites (tertiary alicyclic amines) is 1. The zero-order valence-corrected chi connectivity index (χ0v) is 12.7. The Morgan fingerprint density at radius 2 is 2.23 bits per heavy atom. The van der Waals surface area contributed by atoms with E-state index in [1.54, 1.807) is 18.9 Å². The number of aromatic nitrogens is 2. The number of hydrogen-bond donors (Lipinski definition) is 0. The van der Waals surface area contributed by atoms with Crippen LogP contribution in [0.3, 0.4) is 0 Å². The average Bonchev–Trinajstić information content (AvgIpc) is 2.87. The van der Waals surface area contributed by atoms with Crippen LogP contribution in [0.25, 0.3) is 0 Å². The van der Waals surface area contributed by atoms with Gasteiger partial charge in [-0.15, -0.1) is 0 Å². The predicted molar refractivity (Wildman–Crippen MR) is 73.3 cm³/mol. The zero-order valence-electron chi connectivity index (χ0n) is 12.7. The maximum atomic E-state index is 12.7. The minimum atomic E-state index is -4.45. The molecule has 0 bridgehead atoms. The molecule has 1 atom stereocenters. The fourth-order valence-electron chi connectivity index (χ4n) is 2.69. The molecule has 0 radical (unpaired) electrons. The number of nitrogens with zero attached hydrogens (tertiary/aromatic N) is 3. The minimum Gasteiger partial charge on any atom is -0.372 e. The molecule has 1 aliphatic heterocycles. The van der Waals surface area contributed by atoms with Crippen LogP contribution in [0.2, 0.25) is 0 Å². The van der Waals surface area contributed by atoms with E-state index in [0.717, 1.165) is 19.0 Å². The lowest BCUT2D eigenvalue weighted by molar-refractivity contribution is -0.141. The summed E-state index contributed by atoms with van der Waals surface area (Å²) in [5, 5.41) is 0. The molecular formula is C14H20F3N3O2. The van der Waals surface area contributed by atoms with Gasteiger partial charge in [0.15, 0.2) is 5.69 Å². The van der Waals surface area contributed by atoms with Crippen LogP contribution in [0.5, 0.6) is 0 Å². The number of carbonyl (C=O) groups excluding carboxylic acids is 1. The number of piperidine rings is 1. The number of carbonyl (C=O) groups is 1. The van der Waals surface area contributed by atoms with E-state index >= 15 is 0 Å². The molecule has 0 unspecified atom stereocenters. The van der Waals surface area contributed by atoms with Gasteiger partial charge in [0, 0.05) is 38.9 Å². The molecule has 5 nitrogen and oxygen atoms in total. The lowest BCUT2D eigenvalue weighted by Crippen LogP contribution is -2.41. The third-order valence-corrected chi connectivity index (χ3v) is 3.77. The summed E-state index contributed by atoms with van der Waals surface area (Å²) in [5.41, 5.74) is -0.886. The fraction of sp³-hybridized carbons (Fsp3) is 0.714. The van der Waals surface area contributed by atoms with Gasteiger partial charge < -0.3 is 14.2 Å². The van der Waals surface area contributed by atoms with Crippen molar-refractivity contribution < 1.29 is 22.7 Å². The molecule has 8 heteroatoms. The van der Waals surface area contributed by atoms with Crippen LogP contribution in [-0.4, -0.2) is 46.7 Å². The normalized spacial score (nSPS) is 19.5. The number of rotatable bonds is 4. The highest BCUT2D eigenvalue weighted by Crippen LogP contribution is 2.32. The van der Waals surface area contributed by atoms with Gasteiger partial charge in [0.05, 0.1) is 0 Å². The van der Waals surface area contributed by atoms with E-state index < -0.39 is 11.9 Å². The molecular weight excluding hydrogens is 299 g/mol. The first-order valence-electron chi connectivity index (χ1n) is 7.29. The van der Waals surface area contributed by atoms with E-state index in [0.29, 0.717) is 25.5 Å². The van der Waals surface area contributed by atoms with Crippen molar-refractivity contribution in [1.29, 1.82) is 0 Å². The second kappa shape index (κ2) is 6.68. The van der Waals surface area contributed by atoms with Crippen LogP contribution < -0.4 is 0 Å². The first kappa shape index (κ1) is 16.8.